The Labute approximate surface area is 226 Å². The van der Waals surface area contributed by atoms with Gasteiger partial charge in [0.15, 0.2) is 0 Å². The number of fused-ring (bicyclic) bond motifs is 3. The van der Waals surface area contributed by atoms with Crippen molar-refractivity contribution in [3.8, 4) is 11.3 Å². The van der Waals surface area contributed by atoms with E-state index in [1.807, 2.05) is 31.3 Å². The highest BCUT2D eigenvalue weighted by atomic mass is 19.1. The zero-order chi connectivity index (χ0) is 27.5. The summed E-state index contributed by atoms with van der Waals surface area (Å²) in [6.07, 6.45) is 5.26. The first kappa shape index (κ1) is 25.6. The predicted octanol–water partition coefficient (Wildman–Crippen LogP) is 5.38. The molecule has 0 amide bonds. The largest absolute Gasteiger partial charge is 0.386 e. The van der Waals surface area contributed by atoms with Crippen LogP contribution < -0.4 is 0 Å². The van der Waals surface area contributed by atoms with Crippen molar-refractivity contribution < 1.29 is 14.2 Å². The van der Waals surface area contributed by atoms with Crippen molar-refractivity contribution in [2.45, 2.75) is 52.2 Å². The number of aliphatic hydroxyl groups is 1. The number of halogens is 1. The lowest BCUT2D eigenvalue weighted by atomic mass is 9.87. The Kier molecular flexibility index (Phi) is 6.23. The van der Waals surface area contributed by atoms with Crippen LogP contribution in [0, 0.1) is 25.6 Å². The van der Waals surface area contributed by atoms with Crippen LogP contribution in [0.1, 0.15) is 55.2 Å². The molecule has 6 rings (SSSR count). The van der Waals surface area contributed by atoms with Crippen molar-refractivity contribution in [2.24, 2.45) is 13.0 Å². The fraction of sp³-hybridized carbons (Fsp3) is 0.400. The molecule has 0 saturated carbocycles. The standard InChI is InChI=1S/C30H33FN6O2/c1-17-7-6-10-32-26(17)29(19-8-11-39-12-9-19)37-24-15-21(28-18(2)34-35-36(28)5)23(31)14-22(24)27-25(37)13-20(16-33-27)30(3,4)38/h6-7,10,13-16,19,29,38H,8-9,11-12H2,1-5H3/t29-/m0/s1. The second kappa shape index (κ2) is 9.50. The number of rotatable bonds is 5. The van der Waals surface area contributed by atoms with Crippen molar-refractivity contribution >= 4 is 21.9 Å². The molecule has 8 nitrogen and oxygen atoms in total. The fourth-order valence-electron chi connectivity index (χ4n) is 5.97. The molecule has 1 atom stereocenters. The molecule has 1 saturated heterocycles. The Morgan fingerprint density at radius 2 is 1.87 bits per heavy atom. The number of pyridine rings is 2. The van der Waals surface area contributed by atoms with E-state index in [0.29, 0.717) is 46.6 Å². The molecule has 0 bridgehead atoms. The molecule has 39 heavy (non-hydrogen) atoms. The molecule has 9 heteroatoms. The summed E-state index contributed by atoms with van der Waals surface area (Å²) in [4.78, 5) is 9.67. The van der Waals surface area contributed by atoms with Crippen molar-refractivity contribution in [3.63, 3.8) is 0 Å². The van der Waals surface area contributed by atoms with Gasteiger partial charge in [0.1, 0.15) is 5.82 Å². The van der Waals surface area contributed by atoms with Crippen LogP contribution in [0.15, 0.2) is 42.7 Å². The maximum Gasteiger partial charge on any atom is 0.133 e. The molecule has 202 valence electrons. The van der Waals surface area contributed by atoms with Gasteiger partial charge in [-0.1, -0.05) is 11.3 Å². The number of aryl methyl sites for hydroxylation is 3. The van der Waals surface area contributed by atoms with Gasteiger partial charge >= 0.3 is 0 Å². The average Bonchev–Trinajstić information content (AvgIpc) is 3.40. The normalized spacial score (nSPS) is 15.9. The van der Waals surface area contributed by atoms with Gasteiger partial charge in [0.25, 0.3) is 0 Å². The number of aromatic nitrogens is 6. The first-order chi connectivity index (χ1) is 18.6. The smallest absolute Gasteiger partial charge is 0.133 e. The Bertz CT molecular complexity index is 1670. The van der Waals surface area contributed by atoms with Gasteiger partial charge in [0.05, 0.1) is 45.3 Å². The molecule has 4 aromatic heterocycles. The molecule has 5 aromatic rings. The lowest BCUT2D eigenvalue weighted by Crippen LogP contribution is -2.28. The van der Waals surface area contributed by atoms with Gasteiger partial charge in [-0.3, -0.25) is 9.97 Å². The fourth-order valence-corrected chi connectivity index (χ4v) is 5.97. The van der Waals surface area contributed by atoms with Gasteiger partial charge < -0.3 is 14.4 Å². The molecule has 1 aliphatic rings. The van der Waals surface area contributed by atoms with Gasteiger partial charge in [0, 0.05) is 49.2 Å². The van der Waals surface area contributed by atoms with E-state index in [2.05, 4.69) is 27.9 Å². The third kappa shape index (κ3) is 4.30. The maximum absolute atomic E-state index is 15.8. The minimum absolute atomic E-state index is 0.141. The van der Waals surface area contributed by atoms with Crippen molar-refractivity contribution in [1.82, 2.24) is 29.5 Å². The van der Waals surface area contributed by atoms with Crippen molar-refractivity contribution in [2.75, 3.05) is 13.2 Å². The summed E-state index contributed by atoms with van der Waals surface area (Å²) in [5.74, 6) is -0.120. The van der Waals surface area contributed by atoms with Crippen LogP contribution in [-0.4, -0.2) is 47.8 Å². The number of ether oxygens (including phenoxy) is 1. The average molecular weight is 529 g/mol. The van der Waals surface area contributed by atoms with E-state index >= 15 is 4.39 Å². The summed E-state index contributed by atoms with van der Waals surface area (Å²) in [7, 11) is 1.77. The second-order valence-electron chi connectivity index (χ2n) is 11.1. The maximum atomic E-state index is 15.8. The van der Waals surface area contributed by atoms with E-state index in [4.69, 9.17) is 14.7 Å². The minimum atomic E-state index is -1.09. The molecule has 0 spiro atoms. The van der Waals surface area contributed by atoms with E-state index in [1.165, 1.54) is 0 Å². The third-order valence-corrected chi connectivity index (χ3v) is 8.00. The quantitative estimate of drug-likeness (QED) is 0.329. The van der Waals surface area contributed by atoms with E-state index < -0.39 is 5.60 Å². The Morgan fingerprint density at radius 3 is 2.54 bits per heavy atom. The minimum Gasteiger partial charge on any atom is -0.386 e. The van der Waals surface area contributed by atoms with Gasteiger partial charge in [-0.05, 0) is 76.3 Å². The molecule has 0 unspecified atom stereocenters. The number of nitrogens with zero attached hydrogens (tertiary/aromatic N) is 6. The summed E-state index contributed by atoms with van der Waals surface area (Å²) >= 11 is 0. The van der Waals surface area contributed by atoms with Crippen LogP contribution in [-0.2, 0) is 17.4 Å². The molecular weight excluding hydrogens is 495 g/mol. The summed E-state index contributed by atoms with van der Waals surface area (Å²) in [5, 5.41) is 19.9. The van der Waals surface area contributed by atoms with E-state index in [9.17, 15) is 5.11 Å². The molecule has 5 heterocycles. The van der Waals surface area contributed by atoms with Crippen LogP contribution in [0.4, 0.5) is 4.39 Å². The number of hydrogen-bond donors (Lipinski definition) is 1. The number of hydrogen-bond acceptors (Lipinski definition) is 6. The highest BCUT2D eigenvalue weighted by Crippen LogP contribution is 2.43. The Morgan fingerprint density at radius 1 is 1.10 bits per heavy atom. The third-order valence-electron chi connectivity index (χ3n) is 8.00. The second-order valence-corrected chi connectivity index (χ2v) is 11.1. The molecule has 1 aliphatic heterocycles. The summed E-state index contributed by atoms with van der Waals surface area (Å²) < 4.78 is 25.4. The van der Waals surface area contributed by atoms with Crippen LogP contribution in [0.5, 0.6) is 0 Å². The molecule has 0 aliphatic carbocycles. The van der Waals surface area contributed by atoms with E-state index in [-0.39, 0.29) is 17.8 Å². The van der Waals surface area contributed by atoms with Gasteiger partial charge in [0.2, 0.25) is 0 Å². The molecule has 1 fully saturated rings. The topological polar surface area (TPSA) is 90.9 Å². The van der Waals surface area contributed by atoms with Crippen LogP contribution in [0.3, 0.4) is 0 Å². The zero-order valence-corrected chi connectivity index (χ0v) is 22.9. The first-order valence-corrected chi connectivity index (χ1v) is 13.4. The Balaban J connectivity index is 1.74. The SMILES string of the molecule is Cc1cccnc1[C@H](C1CCOCC1)n1c2cc(-c3c(C)nnn3C)c(F)cc2c2ncc(C(C)(C)O)cc21. The Hall–Kier alpha value is -3.69. The lowest BCUT2D eigenvalue weighted by molar-refractivity contribution is 0.0547. The van der Waals surface area contributed by atoms with Gasteiger partial charge in [-0.2, -0.15) is 0 Å². The van der Waals surface area contributed by atoms with E-state index in [0.717, 1.165) is 35.1 Å². The van der Waals surface area contributed by atoms with Gasteiger partial charge in [-0.25, -0.2) is 9.07 Å². The lowest BCUT2D eigenvalue weighted by Gasteiger charge is -2.33. The highest BCUT2D eigenvalue weighted by Gasteiger charge is 2.33. The van der Waals surface area contributed by atoms with E-state index in [1.54, 1.807) is 37.8 Å². The summed E-state index contributed by atoms with van der Waals surface area (Å²) in [5.41, 5.74) is 5.75. The van der Waals surface area contributed by atoms with Crippen molar-refractivity contribution in [3.05, 3.63) is 71.1 Å². The molecule has 0 radical (unpaired) electrons. The van der Waals surface area contributed by atoms with Crippen molar-refractivity contribution in [1.29, 1.82) is 0 Å². The summed E-state index contributed by atoms with van der Waals surface area (Å²) in [6.45, 7) is 8.77. The molecule has 1 N–H and O–H groups in total. The van der Waals surface area contributed by atoms with Crippen LogP contribution in [0.2, 0.25) is 0 Å². The van der Waals surface area contributed by atoms with Crippen LogP contribution >= 0.6 is 0 Å². The predicted molar refractivity (Wildman–Crippen MR) is 148 cm³/mol. The monoisotopic (exact) mass is 528 g/mol. The van der Waals surface area contributed by atoms with Gasteiger partial charge in [-0.15, -0.1) is 5.10 Å². The highest BCUT2D eigenvalue weighted by molar-refractivity contribution is 6.07. The molecule has 1 aromatic carbocycles. The van der Waals surface area contributed by atoms with Crippen LogP contribution in [0.25, 0.3) is 33.2 Å². The molecular formula is C30H33FN6O2. The summed E-state index contributed by atoms with van der Waals surface area (Å²) in [6, 6.07) is 9.34. The number of benzene rings is 1. The first-order valence-electron chi connectivity index (χ1n) is 13.4. The zero-order valence-electron chi connectivity index (χ0n) is 22.9.